The van der Waals surface area contributed by atoms with Crippen LogP contribution in [-0.4, -0.2) is 34.1 Å². The number of aromatic nitrogens is 2. The summed E-state index contributed by atoms with van der Waals surface area (Å²) in [6.45, 7) is 9.08. The standard InChI is InChI=1S/C21H23N3O4S/c1-11(2)27-20(25)14-7-6-8-15(9-14)24-18-16-13(5)17(21(26)28-12(3)4)29-19(16)23-10-22-18/h6-12H,1-5H3,(H,22,23,24). The molecule has 0 saturated heterocycles. The predicted octanol–water partition coefficient (Wildman–Crippen LogP) is 4.87. The van der Waals surface area contributed by atoms with Gasteiger partial charge in [-0.15, -0.1) is 11.3 Å². The molecule has 3 aromatic rings. The van der Waals surface area contributed by atoms with Crippen molar-refractivity contribution in [3.05, 3.63) is 46.6 Å². The molecule has 2 heterocycles. The third-order valence-corrected chi connectivity index (χ3v) is 5.14. The number of esters is 2. The van der Waals surface area contributed by atoms with Crippen molar-refractivity contribution >= 4 is 45.0 Å². The minimum Gasteiger partial charge on any atom is -0.459 e. The van der Waals surface area contributed by atoms with E-state index in [1.807, 2.05) is 26.8 Å². The Morgan fingerprint density at radius 3 is 2.41 bits per heavy atom. The zero-order valence-electron chi connectivity index (χ0n) is 17.0. The maximum Gasteiger partial charge on any atom is 0.348 e. The fourth-order valence-electron chi connectivity index (χ4n) is 2.77. The first-order chi connectivity index (χ1) is 13.8. The van der Waals surface area contributed by atoms with Gasteiger partial charge in [0.2, 0.25) is 0 Å². The minimum absolute atomic E-state index is 0.196. The lowest BCUT2D eigenvalue weighted by Gasteiger charge is -2.11. The first-order valence-corrected chi connectivity index (χ1v) is 10.1. The summed E-state index contributed by atoms with van der Waals surface area (Å²) in [5.74, 6) is -0.200. The van der Waals surface area contributed by atoms with Crippen molar-refractivity contribution in [1.82, 2.24) is 9.97 Å². The summed E-state index contributed by atoms with van der Waals surface area (Å²) in [4.78, 5) is 34.4. The molecule has 0 unspecified atom stereocenters. The molecule has 0 radical (unpaired) electrons. The molecular weight excluding hydrogens is 390 g/mol. The molecule has 7 nitrogen and oxygen atoms in total. The third-order valence-electron chi connectivity index (χ3n) is 3.96. The van der Waals surface area contributed by atoms with Crippen molar-refractivity contribution in [1.29, 1.82) is 0 Å². The molecule has 0 aliphatic carbocycles. The number of benzene rings is 1. The van der Waals surface area contributed by atoms with E-state index in [2.05, 4.69) is 15.3 Å². The Morgan fingerprint density at radius 1 is 1.03 bits per heavy atom. The SMILES string of the molecule is Cc1c(C(=O)OC(C)C)sc2ncnc(Nc3cccc(C(=O)OC(C)C)c3)c12. The quantitative estimate of drug-likeness (QED) is 0.576. The van der Waals surface area contributed by atoms with Gasteiger partial charge in [-0.25, -0.2) is 19.6 Å². The lowest BCUT2D eigenvalue weighted by Crippen LogP contribution is -2.11. The van der Waals surface area contributed by atoms with Crippen LogP contribution < -0.4 is 5.32 Å². The molecule has 2 aromatic heterocycles. The highest BCUT2D eigenvalue weighted by Gasteiger charge is 2.21. The van der Waals surface area contributed by atoms with Gasteiger partial charge in [0.1, 0.15) is 21.9 Å². The number of fused-ring (bicyclic) bond motifs is 1. The number of ether oxygens (including phenoxy) is 2. The first-order valence-electron chi connectivity index (χ1n) is 9.29. The maximum atomic E-state index is 12.4. The number of hydrogen-bond donors (Lipinski definition) is 1. The topological polar surface area (TPSA) is 90.4 Å². The van der Waals surface area contributed by atoms with Gasteiger partial charge in [0.15, 0.2) is 0 Å². The second-order valence-corrected chi connectivity index (χ2v) is 8.07. The van der Waals surface area contributed by atoms with E-state index in [1.165, 1.54) is 17.7 Å². The Kier molecular flexibility index (Phi) is 6.12. The normalized spacial score (nSPS) is 11.1. The summed E-state index contributed by atoms with van der Waals surface area (Å²) in [6, 6.07) is 6.99. The van der Waals surface area contributed by atoms with Crippen molar-refractivity contribution in [3.8, 4) is 0 Å². The first kappa shape index (κ1) is 20.7. The molecule has 152 valence electrons. The molecule has 0 saturated carbocycles. The average molecular weight is 413 g/mol. The van der Waals surface area contributed by atoms with E-state index in [0.717, 1.165) is 10.9 Å². The van der Waals surface area contributed by atoms with Crippen LogP contribution in [0.15, 0.2) is 30.6 Å². The molecule has 0 spiro atoms. The number of carbonyl (C=O) groups is 2. The summed E-state index contributed by atoms with van der Waals surface area (Å²) < 4.78 is 10.6. The molecule has 0 fully saturated rings. The molecular formula is C21H23N3O4S. The Balaban J connectivity index is 1.94. The lowest BCUT2D eigenvalue weighted by molar-refractivity contribution is 0.0369. The van der Waals surface area contributed by atoms with Crippen molar-refractivity contribution < 1.29 is 19.1 Å². The molecule has 29 heavy (non-hydrogen) atoms. The van der Waals surface area contributed by atoms with Crippen molar-refractivity contribution in [2.24, 2.45) is 0 Å². The van der Waals surface area contributed by atoms with Gasteiger partial charge in [-0.1, -0.05) is 6.07 Å². The Hall–Kier alpha value is -3.00. The van der Waals surface area contributed by atoms with Crippen LogP contribution in [0.1, 0.15) is 53.3 Å². The highest BCUT2D eigenvalue weighted by molar-refractivity contribution is 7.20. The second kappa shape index (κ2) is 8.57. The fraction of sp³-hybridized carbons (Fsp3) is 0.333. The summed E-state index contributed by atoms with van der Waals surface area (Å²) in [5.41, 5.74) is 1.88. The fourth-order valence-corrected chi connectivity index (χ4v) is 3.80. The van der Waals surface area contributed by atoms with Gasteiger partial charge in [-0.2, -0.15) is 0 Å². The van der Waals surface area contributed by atoms with Gasteiger partial charge in [0.25, 0.3) is 0 Å². The van der Waals surface area contributed by atoms with Gasteiger partial charge in [0, 0.05) is 5.69 Å². The van der Waals surface area contributed by atoms with E-state index < -0.39 is 0 Å². The number of nitrogens with one attached hydrogen (secondary N) is 1. The Bertz CT molecular complexity index is 1060. The van der Waals surface area contributed by atoms with Crippen LogP contribution in [-0.2, 0) is 9.47 Å². The van der Waals surface area contributed by atoms with Crippen LogP contribution in [0.2, 0.25) is 0 Å². The van der Waals surface area contributed by atoms with Crippen molar-refractivity contribution in [2.45, 2.75) is 46.8 Å². The number of anilines is 2. The smallest absolute Gasteiger partial charge is 0.348 e. The summed E-state index contributed by atoms with van der Waals surface area (Å²) in [7, 11) is 0. The van der Waals surface area contributed by atoms with E-state index in [9.17, 15) is 9.59 Å². The third kappa shape index (κ3) is 4.71. The van der Waals surface area contributed by atoms with Gasteiger partial charge in [-0.05, 0) is 58.4 Å². The molecule has 3 rings (SSSR count). The monoisotopic (exact) mass is 413 g/mol. The van der Waals surface area contributed by atoms with Gasteiger partial charge in [-0.3, -0.25) is 0 Å². The largest absolute Gasteiger partial charge is 0.459 e. The zero-order chi connectivity index (χ0) is 21.1. The van der Waals surface area contributed by atoms with Crippen LogP contribution >= 0.6 is 11.3 Å². The molecule has 0 aliphatic heterocycles. The van der Waals surface area contributed by atoms with Gasteiger partial charge >= 0.3 is 11.9 Å². The number of rotatable bonds is 6. The van der Waals surface area contributed by atoms with E-state index in [4.69, 9.17) is 9.47 Å². The molecule has 0 amide bonds. The minimum atomic E-state index is -0.387. The lowest BCUT2D eigenvalue weighted by atomic mass is 10.1. The summed E-state index contributed by atoms with van der Waals surface area (Å²) >= 11 is 1.27. The average Bonchev–Trinajstić information content (AvgIpc) is 2.99. The Labute approximate surface area is 173 Å². The second-order valence-electron chi connectivity index (χ2n) is 7.07. The number of hydrogen-bond acceptors (Lipinski definition) is 8. The van der Waals surface area contributed by atoms with Crippen LogP contribution in [0.4, 0.5) is 11.5 Å². The zero-order valence-corrected chi connectivity index (χ0v) is 17.8. The van der Waals surface area contributed by atoms with E-state index >= 15 is 0 Å². The molecule has 1 N–H and O–H groups in total. The molecule has 8 heteroatoms. The predicted molar refractivity (Wildman–Crippen MR) is 113 cm³/mol. The van der Waals surface area contributed by atoms with E-state index in [0.29, 0.717) is 26.8 Å². The number of thiophene rings is 1. The molecule has 1 aromatic carbocycles. The van der Waals surface area contributed by atoms with E-state index in [1.54, 1.807) is 32.0 Å². The van der Waals surface area contributed by atoms with Gasteiger partial charge < -0.3 is 14.8 Å². The highest BCUT2D eigenvalue weighted by atomic mass is 32.1. The van der Waals surface area contributed by atoms with Crippen LogP contribution in [0.25, 0.3) is 10.2 Å². The van der Waals surface area contributed by atoms with Crippen LogP contribution in [0.5, 0.6) is 0 Å². The van der Waals surface area contributed by atoms with Crippen LogP contribution in [0.3, 0.4) is 0 Å². The van der Waals surface area contributed by atoms with Gasteiger partial charge in [0.05, 0.1) is 23.2 Å². The number of carbonyl (C=O) groups excluding carboxylic acids is 2. The molecule has 0 aliphatic rings. The highest BCUT2D eigenvalue weighted by Crippen LogP contribution is 2.35. The van der Waals surface area contributed by atoms with Crippen molar-refractivity contribution in [2.75, 3.05) is 5.32 Å². The summed E-state index contributed by atoms with van der Waals surface area (Å²) in [5, 5.41) is 3.98. The maximum absolute atomic E-state index is 12.4. The van der Waals surface area contributed by atoms with E-state index in [-0.39, 0.29) is 24.1 Å². The number of nitrogens with zero attached hydrogens (tertiary/aromatic N) is 2. The Morgan fingerprint density at radius 2 is 1.72 bits per heavy atom. The number of aryl methyl sites for hydroxylation is 1. The molecule has 0 atom stereocenters. The molecule has 0 bridgehead atoms. The van der Waals surface area contributed by atoms with Crippen LogP contribution in [0, 0.1) is 6.92 Å². The van der Waals surface area contributed by atoms with Crippen molar-refractivity contribution in [3.63, 3.8) is 0 Å². The summed E-state index contributed by atoms with van der Waals surface area (Å²) in [6.07, 6.45) is 1.04.